The first kappa shape index (κ1) is 7.98. The lowest BCUT2D eigenvalue weighted by atomic mass is 10.4. The van der Waals surface area contributed by atoms with Crippen LogP contribution in [0, 0.1) is 0 Å². The Balaban J connectivity index is 2.21. The summed E-state index contributed by atoms with van der Waals surface area (Å²) in [5.74, 6) is 0.271. The summed E-state index contributed by atoms with van der Waals surface area (Å²) in [5.41, 5.74) is 7.13. The fourth-order valence-electron chi connectivity index (χ4n) is 1.45. The van der Waals surface area contributed by atoms with Crippen LogP contribution in [0.15, 0.2) is 36.8 Å². The molecule has 0 saturated heterocycles. The second kappa shape index (κ2) is 2.81. The smallest absolute Gasteiger partial charge is 0.240 e. The summed E-state index contributed by atoms with van der Waals surface area (Å²) in [5, 5.41) is 8.12. The number of nitrogens with two attached hydrogens (primary N) is 1. The molecule has 0 aliphatic heterocycles. The fourth-order valence-corrected chi connectivity index (χ4v) is 1.45. The van der Waals surface area contributed by atoms with Crippen LogP contribution in [0.4, 0.5) is 5.95 Å². The normalized spacial score (nSPS) is 10.9. The second-order valence-corrected chi connectivity index (χ2v) is 3.11. The van der Waals surface area contributed by atoms with Crippen LogP contribution in [-0.2, 0) is 0 Å². The maximum Gasteiger partial charge on any atom is 0.240 e. The van der Waals surface area contributed by atoms with Gasteiger partial charge in [-0.2, -0.15) is 10.1 Å². The summed E-state index contributed by atoms with van der Waals surface area (Å²) < 4.78 is 3.38. The van der Waals surface area contributed by atoms with Crippen molar-refractivity contribution >= 4 is 11.6 Å². The molecule has 0 unspecified atom stereocenters. The maximum absolute atomic E-state index is 5.49. The van der Waals surface area contributed by atoms with Crippen LogP contribution in [0.3, 0.4) is 0 Å². The van der Waals surface area contributed by atoms with E-state index in [-0.39, 0.29) is 5.95 Å². The van der Waals surface area contributed by atoms with E-state index in [1.54, 1.807) is 21.6 Å². The fraction of sp³-hybridized carbons (Fsp3) is 0. The van der Waals surface area contributed by atoms with Crippen LogP contribution >= 0.6 is 0 Å². The van der Waals surface area contributed by atoms with Crippen molar-refractivity contribution < 1.29 is 0 Å². The van der Waals surface area contributed by atoms with E-state index in [1.165, 1.54) is 0 Å². The Labute approximate surface area is 85.0 Å². The highest BCUT2D eigenvalue weighted by Crippen LogP contribution is 2.09. The Morgan fingerprint density at radius 2 is 2.20 bits per heavy atom. The van der Waals surface area contributed by atoms with Crippen molar-refractivity contribution in [3.05, 3.63) is 36.8 Å². The number of nitrogen functional groups attached to an aromatic ring is 1. The molecule has 3 rings (SSSR count). The molecule has 0 atom stereocenters. The molecule has 0 radical (unpaired) electrons. The van der Waals surface area contributed by atoms with Crippen molar-refractivity contribution in [2.45, 2.75) is 0 Å². The Morgan fingerprint density at radius 3 is 3.00 bits per heavy atom. The predicted molar refractivity (Wildman–Crippen MR) is 54.5 cm³/mol. The molecule has 6 nitrogen and oxygen atoms in total. The highest BCUT2D eigenvalue weighted by Gasteiger charge is 2.02. The lowest BCUT2D eigenvalue weighted by molar-refractivity contribution is 0.870. The van der Waals surface area contributed by atoms with Gasteiger partial charge in [-0.3, -0.25) is 0 Å². The van der Waals surface area contributed by atoms with Gasteiger partial charge in [0, 0.05) is 24.7 Å². The van der Waals surface area contributed by atoms with Crippen molar-refractivity contribution in [1.82, 2.24) is 24.4 Å². The van der Waals surface area contributed by atoms with E-state index < -0.39 is 0 Å². The highest BCUT2D eigenvalue weighted by molar-refractivity contribution is 5.49. The average molecular weight is 200 g/mol. The summed E-state index contributed by atoms with van der Waals surface area (Å²) in [6.07, 6.45) is 5.39. The van der Waals surface area contributed by atoms with Crippen molar-refractivity contribution in [2.75, 3.05) is 5.73 Å². The molecule has 0 aromatic carbocycles. The van der Waals surface area contributed by atoms with E-state index in [0.717, 1.165) is 5.69 Å². The van der Waals surface area contributed by atoms with Crippen LogP contribution in [0.5, 0.6) is 0 Å². The van der Waals surface area contributed by atoms with Crippen LogP contribution in [0.2, 0.25) is 0 Å². The zero-order valence-corrected chi connectivity index (χ0v) is 7.78. The lowest BCUT2D eigenvalue weighted by Gasteiger charge is -2.00. The van der Waals surface area contributed by atoms with Gasteiger partial charge < -0.3 is 5.73 Å². The van der Waals surface area contributed by atoms with E-state index in [0.29, 0.717) is 5.65 Å². The number of fused-ring (bicyclic) bond motifs is 1. The van der Waals surface area contributed by atoms with Crippen LogP contribution in [0.25, 0.3) is 11.3 Å². The summed E-state index contributed by atoms with van der Waals surface area (Å²) in [6.45, 7) is 0. The minimum Gasteiger partial charge on any atom is -0.366 e. The van der Waals surface area contributed by atoms with Gasteiger partial charge in [0.15, 0.2) is 5.65 Å². The van der Waals surface area contributed by atoms with Gasteiger partial charge in [-0.15, -0.1) is 5.10 Å². The van der Waals surface area contributed by atoms with Crippen LogP contribution in [-0.4, -0.2) is 24.4 Å². The van der Waals surface area contributed by atoms with E-state index in [2.05, 4.69) is 15.2 Å². The van der Waals surface area contributed by atoms with Crippen molar-refractivity contribution in [3.8, 4) is 5.69 Å². The average Bonchev–Trinajstić information content (AvgIpc) is 2.82. The molecule has 3 heterocycles. The van der Waals surface area contributed by atoms with Gasteiger partial charge in [0.1, 0.15) is 0 Å². The van der Waals surface area contributed by atoms with Gasteiger partial charge in [0.05, 0.1) is 5.69 Å². The molecule has 3 aromatic heterocycles. The SMILES string of the molecule is Nc1nc2cc(-n3cccn3)ccn2n1. The predicted octanol–water partition coefficient (Wildman–Crippen LogP) is 0.497. The number of pyridine rings is 1. The van der Waals surface area contributed by atoms with Gasteiger partial charge in [-0.05, 0) is 12.1 Å². The molecule has 0 aliphatic carbocycles. The molecule has 0 bridgehead atoms. The minimum absolute atomic E-state index is 0.271. The molecule has 3 aromatic rings. The first-order valence-corrected chi connectivity index (χ1v) is 4.45. The summed E-state index contributed by atoms with van der Waals surface area (Å²) in [4.78, 5) is 4.07. The van der Waals surface area contributed by atoms with Crippen LogP contribution in [0.1, 0.15) is 0 Å². The molecule has 2 N–H and O–H groups in total. The summed E-state index contributed by atoms with van der Waals surface area (Å²) >= 11 is 0. The summed E-state index contributed by atoms with van der Waals surface area (Å²) in [7, 11) is 0. The lowest BCUT2D eigenvalue weighted by Crippen LogP contribution is -1.96. The molecular weight excluding hydrogens is 192 g/mol. The molecule has 0 fully saturated rings. The molecule has 0 spiro atoms. The third-order valence-electron chi connectivity index (χ3n) is 2.11. The molecule has 6 heteroatoms. The summed E-state index contributed by atoms with van der Waals surface area (Å²) in [6, 6.07) is 5.63. The Hall–Kier alpha value is -2.37. The number of hydrogen-bond acceptors (Lipinski definition) is 4. The van der Waals surface area contributed by atoms with E-state index in [1.807, 2.05) is 24.4 Å². The molecular formula is C9H8N6. The van der Waals surface area contributed by atoms with E-state index >= 15 is 0 Å². The molecule has 15 heavy (non-hydrogen) atoms. The quantitative estimate of drug-likeness (QED) is 0.620. The molecule has 0 saturated carbocycles. The zero-order valence-electron chi connectivity index (χ0n) is 7.78. The van der Waals surface area contributed by atoms with Gasteiger partial charge in [0.2, 0.25) is 5.95 Å². The maximum atomic E-state index is 5.49. The first-order valence-electron chi connectivity index (χ1n) is 4.45. The third kappa shape index (κ3) is 1.23. The Bertz CT molecular complexity index is 594. The Kier molecular flexibility index (Phi) is 1.49. The number of hydrogen-bond donors (Lipinski definition) is 1. The third-order valence-corrected chi connectivity index (χ3v) is 2.11. The number of rotatable bonds is 1. The molecule has 0 amide bonds. The topological polar surface area (TPSA) is 74.0 Å². The first-order chi connectivity index (χ1) is 7.33. The van der Waals surface area contributed by atoms with Crippen molar-refractivity contribution in [3.63, 3.8) is 0 Å². The second-order valence-electron chi connectivity index (χ2n) is 3.11. The monoisotopic (exact) mass is 200 g/mol. The number of aromatic nitrogens is 5. The zero-order chi connectivity index (χ0) is 10.3. The van der Waals surface area contributed by atoms with E-state index in [9.17, 15) is 0 Å². The van der Waals surface area contributed by atoms with Gasteiger partial charge in [0.25, 0.3) is 0 Å². The van der Waals surface area contributed by atoms with E-state index in [4.69, 9.17) is 5.73 Å². The standard InChI is InChI=1S/C9H8N6/c10-9-12-8-6-7(2-5-15(8)13-9)14-4-1-3-11-14/h1-6H,(H2,10,13). The highest BCUT2D eigenvalue weighted by atomic mass is 15.3. The minimum atomic E-state index is 0.271. The Morgan fingerprint density at radius 1 is 1.27 bits per heavy atom. The van der Waals surface area contributed by atoms with Crippen molar-refractivity contribution in [1.29, 1.82) is 0 Å². The van der Waals surface area contributed by atoms with Gasteiger partial charge in [-0.25, -0.2) is 9.20 Å². The molecule has 74 valence electrons. The number of anilines is 1. The van der Waals surface area contributed by atoms with Gasteiger partial charge in [-0.1, -0.05) is 0 Å². The number of nitrogens with zero attached hydrogens (tertiary/aromatic N) is 5. The molecule has 0 aliphatic rings. The van der Waals surface area contributed by atoms with Crippen LogP contribution < -0.4 is 5.73 Å². The van der Waals surface area contributed by atoms with Gasteiger partial charge >= 0.3 is 0 Å². The van der Waals surface area contributed by atoms with Crippen molar-refractivity contribution in [2.24, 2.45) is 0 Å². The largest absolute Gasteiger partial charge is 0.366 e.